The third-order valence-electron chi connectivity index (χ3n) is 4.08. The Hall–Kier alpha value is -3.15. The Labute approximate surface area is 152 Å². The van der Waals surface area contributed by atoms with E-state index < -0.39 is 5.97 Å². The van der Waals surface area contributed by atoms with Gasteiger partial charge in [0.05, 0.1) is 24.8 Å². The number of benzene rings is 2. The van der Waals surface area contributed by atoms with Crippen LogP contribution in [0.4, 0.5) is 11.5 Å². The van der Waals surface area contributed by atoms with Gasteiger partial charge in [-0.15, -0.1) is 0 Å². The molecule has 0 aliphatic rings. The summed E-state index contributed by atoms with van der Waals surface area (Å²) < 4.78 is 10.4. The molecule has 2 aromatic carbocycles. The van der Waals surface area contributed by atoms with Crippen molar-refractivity contribution in [3.8, 4) is 5.75 Å². The summed E-state index contributed by atoms with van der Waals surface area (Å²) >= 11 is 0. The van der Waals surface area contributed by atoms with E-state index in [1.807, 2.05) is 50.2 Å². The minimum absolute atomic E-state index is 0.158. The molecule has 3 rings (SSSR count). The fraction of sp³-hybridized carbons (Fsp3) is 0.250. The molecule has 0 spiro atoms. The molecule has 0 saturated carbocycles. The van der Waals surface area contributed by atoms with Crippen LogP contribution in [0.5, 0.6) is 5.75 Å². The lowest BCUT2D eigenvalue weighted by Crippen LogP contribution is -2.12. The van der Waals surface area contributed by atoms with Gasteiger partial charge < -0.3 is 14.8 Å². The third-order valence-corrected chi connectivity index (χ3v) is 4.08. The van der Waals surface area contributed by atoms with E-state index in [0.29, 0.717) is 22.6 Å². The first-order valence-electron chi connectivity index (χ1n) is 8.39. The molecular weight excluding hydrogens is 330 g/mol. The SMILES string of the molecule is CCOC(=O)c1nc2cc(C)c(C)cc2nc1Nc1cccc(OC)c1. The first-order valence-corrected chi connectivity index (χ1v) is 8.39. The molecule has 6 nitrogen and oxygen atoms in total. The van der Waals surface area contributed by atoms with E-state index in [1.54, 1.807) is 14.0 Å². The Morgan fingerprint density at radius 1 is 1.08 bits per heavy atom. The van der Waals surface area contributed by atoms with Crippen molar-refractivity contribution >= 4 is 28.5 Å². The second-order valence-corrected chi connectivity index (χ2v) is 5.92. The number of nitrogens with zero attached hydrogens (tertiary/aromatic N) is 2. The summed E-state index contributed by atoms with van der Waals surface area (Å²) in [7, 11) is 1.60. The monoisotopic (exact) mass is 351 g/mol. The Morgan fingerprint density at radius 2 is 1.77 bits per heavy atom. The molecule has 0 atom stereocenters. The summed E-state index contributed by atoms with van der Waals surface area (Å²) in [5.74, 6) is 0.547. The number of aryl methyl sites for hydroxylation is 2. The quantitative estimate of drug-likeness (QED) is 0.695. The number of ether oxygens (including phenoxy) is 2. The van der Waals surface area contributed by atoms with Crippen molar-refractivity contribution in [2.24, 2.45) is 0 Å². The number of fused-ring (bicyclic) bond motifs is 1. The highest BCUT2D eigenvalue weighted by Crippen LogP contribution is 2.25. The van der Waals surface area contributed by atoms with Gasteiger partial charge in [-0.2, -0.15) is 0 Å². The fourth-order valence-corrected chi connectivity index (χ4v) is 2.58. The number of carbonyl (C=O) groups is 1. The van der Waals surface area contributed by atoms with Crippen LogP contribution < -0.4 is 10.1 Å². The van der Waals surface area contributed by atoms with Crippen LogP contribution in [-0.4, -0.2) is 29.7 Å². The number of anilines is 2. The molecule has 3 aromatic rings. The molecule has 0 amide bonds. The minimum Gasteiger partial charge on any atom is -0.497 e. The van der Waals surface area contributed by atoms with Crippen LogP contribution in [0.3, 0.4) is 0 Å². The van der Waals surface area contributed by atoms with E-state index in [-0.39, 0.29) is 12.3 Å². The first-order chi connectivity index (χ1) is 12.5. The Bertz CT molecular complexity index is 970. The van der Waals surface area contributed by atoms with Gasteiger partial charge in [-0.1, -0.05) is 6.07 Å². The van der Waals surface area contributed by atoms with E-state index in [1.165, 1.54) is 0 Å². The number of hydrogen-bond acceptors (Lipinski definition) is 6. The molecule has 1 N–H and O–H groups in total. The normalized spacial score (nSPS) is 10.6. The largest absolute Gasteiger partial charge is 0.497 e. The van der Waals surface area contributed by atoms with Crippen LogP contribution >= 0.6 is 0 Å². The van der Waals surface area contributed by atoms with Gasteiger partial charge in [-0.3, -0.25) is 0 Å². The zero-order valence-electron chi connectivity index (χ0n) is 15.3. The highest BCUT2D eigenvalue weighted by molar-refractivity contribution is 5.96. The molecule has 0 aliphatic heterocycles. The number of aromatic nitrogens is 2. The van der Waals surface area contributed by atoms with E-state index in [0.717, 1.165) is 16.8 Å². The molecule has 0 unspecified atom stereocenters. The second kappa shape index (κ2) is 7.39. The lowest BCUT2D eigenvalue weighted by atomic mass is 10.1. The van der Waals surface area contributed by atoms with Gasteiger partial charge in [0.2, 0.25) is 0 Å². The van der Waals surface area contributed by atoms with Gasteiger partial charge in [-0.05, 0) is 56.2 Å². The predicted octanol–water partition coefficient (Wildman–Crippen LogP) is 4.18. The highest BCUT2D eigenvalue weighted by atomic mass is 16.5. The summed E-state index contributed by atoms with van der Waals surface area (Å²) in [6, 6.07) is 11.3. The number of hydrogen-bond donors (Lipinski definition) is 1. The molecule has 0 saturated heterocycles. The Balaban J connectivity index is 2.12. The minimum atomic E-state index is -0.509. The molecule has 0 bridgehead atoms. The average molecular weight is 351 g/mol. The topological polar surface area (TPSA) is 73.3 Å². The van der Waals surface area contributed by atoms with E-state index in [2.05, 4.69) is 15.3 Å². The average Bonchev–Trinajstić information content (AvgIpc) is 2.63. The number of methoxy groups -OCH3 is 1. The summed E-state index contributed by atoms with van der Waals surface area (Å²) in [6.07, 6.45) is 0. The molecule has 0 aliphatic carbocycles. The van der Waals surface area contributed by atoms with E-state index in [9.17, 15) is 4.79 Å². The summed E-state index contributed by atoms with van der Waals surface area (Å²) in [6.45, 7) is 6.05. The zero-order valence-corrected chi connectivity index (χ0v) is 15.3. The van der Waals surface area contributed by atoms with Gasteiger partial charge in [0.1, 0.15) is 5.75 Å². The lowest BCUT2D eigenvalue weighted by molar-refractivity contribution is 0.0521. The third kappa shape index (κ3) is 3.59. The van der Waals surface area contributed by atoms with Crippen molar-refractivity contribution in [1.29, 1.82) is 0 Å². The van der Waals surface area contributed by atoms with Gasteiger partial charge >= 0.3 is 5.97 Å². The summed E-state index contributed by atoms with van der Waals surface area (Å²) in [5.41, 5.74) is 4.48. The van der Waals surface area contributed by atoms with Crippen LogP contribution in [-0.2, 0) is 4.74 Å². The molecule has 0 fully saturated rings. The van der Waals surface area contributed by atoms with Crippen molar-refractivity contribution in [3.05, 3.63) is 53.2 Å². The number of nitrogens with one attached hydrogen (secondary N) is 1. The lowest BCUT2D eigenvalue weighted by Gasteiger charge is -2.13. The van der Waals surface area contributed by atoms with Crippen LogP contribution in [0.15, 0.2) is 36.4 Å². The van der Waals surface area contributed by atoms with Crippen molar-refractivity contribution < 1.29 is 14.3 Å². The van der Waals surface area contributed by atoms with Gasteiger partial charge in [0.15, 0.2) is 11.5 Å². The van der Waals surface area contributed by atoms with Crippen LogP contribution in [0.25, 0.3) is 11.0 Å². The maximum atomic E-state index is 12.4. The van der Waals surface area contributed by atoms with Crippen LogP contribution in [0.2, 0.25) is 0 Å². The van der Waals surface area contributed by atoms with Crippen LogP contribution in [0.1, 0.15) is 28.5 Å². The zero-order chi connectivity index (χ0) is 18.7. The van der Waals surface area contributed by atoms with Crippen molar-refractivity contribution in [2.45, 2.75) is 20.8 Å². The molecular formula is C20H21N3O3. The number of esters is 1. The summed E-state index contributed by atoms with van der Waals surface area (Å²) in [4.78, 5) is 21.5. The summed E-state index contributed by atoms with van der Waals surface area (Å²) in [5, 5.41) is 3.16. The predicted molar refractivity (Wildman–Crippen MR) is 101 cm³/mol. The smallest absolute Gasteiger partial charge is 0.360 e. The molecule has 6 heteroatoms. The first kappa shape index (κ1) is 17.7. The molecule has 1 aromatic heterocycles. The molecule has 0 radical (unpaired) electrons. The Kier molecular flexibility index (Phi) is 5.02. The van der Waals surface area contributed by atoms with Gasteiger partial charge in [0.25, 0.3) is 0 Å². The van der Waals surface area contributed by atoms with Gasteiger partial charge in [0, 0.05) is 11.8 Å². The maximum absolute atomic E-state index is 12.4. The highest BCUT2D eigenvalue weighted by Gasteiger charge is 2.18. The molecule has 134 valence electrons. The standard InChI is InChI=1S/C20H21N3O3/c1-5-26-20(24)18-19(21-14-7-6-8-15(11-14)25-4)23-17-10-13(3)12(2)9-16(17)22-18/h6-11H,5H2,1-4H3,(H,21,23). The second-order valence-electron chi connectivity index (χ2n) is 5.92. The Morgan fingerprint density at radius 3 is 2.42 bits per heavy atom. The maximum Gasteiger partial charge on any atom is 0.360 e. The molecule has 1 heterocycles. The van der Waals surface area contributed by atoms with Crippen LogP contribution in [0, 0.1) is 13.8 Å². The van der Waals surface area contributed by atoms with Crippen molar-refractivity contribution in [3.63, 3.8) is 0 Å². The number of carbonyl (C=O) groups excluding carboxylic acids is 1. The van der Waals surface area contributed by atoms with Crippen molar-refractivity contribution in [1.82, 2.24) is 9.97 Å². The van der Waals surface area contributed by atoms with E-state index >= 15 is 0 Å². The fourth-order valence-electron chi connectivity index (χ4n) is 2.58. The van der Waals surface area contributed by atoms with Crippen molar-refractivity contribution in [2.75, 3.05) is 19.0 Å². The number of rotatable bonds is 5. The van der Waals surface area contributed by atoms with E-state index in [4.69, 9.17) is 9.47 Å². The van der Waals surface area contributed by atoms with Gasteiger partial charge in [-0.25, -0.2) is 14.8 Å². The molecule has 26 heavy (non-hydrogen) atoms.